The molecule has 1 amide bonds. The summed E-state index contributed by atoms with van der Waals surface area (Å²) in [6, 6.07) is 8.11. The van der Waals surface area contributed by atoms with Crippen LogP contribution >= 0.6 is 0 Å². The van der Waals surface area contributed by atoms with Gasteiger partial charge in [-0.2, -0.15) is 0 Å². The standard InChI is InChI=1S/C16H16N4O/c1-19-13-5-3-2-4-12(13)15-14(19)6-7-20(16(15)21)9-11-8-17-10-18-11/h2-5,8,10H,6-7,9H2,1H3,(H,17,18). The van der Waals surface area contributed by atoms with E-state index in [0.29, 0.717) is 6.54 Å². The summed E-state index contributed by atoms with van der Waals surface area (Å²) < 4.78 is 2.15. The molecule has 0 bridgehead atoms. The monoisotopic (exact) mass is 280 g/mol. The third-order valence-electron chi connectivity index (χ3n) is 4.26. The number of para-hydroxylation sites is 1. The van der Waals surface area contributed by atoms with Crippen LogP contribution in [0.15, 0.2) is 36.8 Å². The maximum Gasteiger partial charge on any atom is 0.256 e. The van der Waals surface area contributed by atoms with Crippen LogP contribution < -0.4 is 0 Å². The molecule has 0 atom stereocenters. The SMILES string of the molecule is Cn1c2c(c3ccccc31)C(=O)N(Cc1cnc[nH]1)CC2. The summed E-state index contributed by atoms with van der Waals surface area (Å²) in [5.74, 6) is 0.114. The van der Waals surface area contributed by atoms with Gasteiger partial charge in [0.05, 0.1) is 24.1 Å². The van der Waals surface area contributed by atoms with Crippen LogP contribution in [0.2, 0.25) is 0 Å². The van der Waals surface area contributed by atoms with Crippen molar-refractivity contribution in [2.24, 2.45) is 7.05 Å². The van der Waals surface area contributed by atoms with Crippen molar-refractivity contribution in [1.29, 1.82) is 0 Å². The Labute approximate surface area is 122 Å². The quantitative estimate of drug-likeness (QED) is 0.781. The van der Waals surface area contributed by atoms with Crippen LogP contribution in [0, 0.1) is 0 Å². The Morgan fingerprint density at radius 1 is 1.33 bits per heavy atom. The Bertz CT molecular complexity index is 816. The summed E-state index contributed by atoms with van der Waals surface area (Å²) >= 11 is 0. The second-order valence-corrected chi connectivity index (χ2v) is 5.45. The van der Waals surface area contributed by atoms with Crippen molar-refractivity contribution >= 4 is 16.8 Å². The molecule has 0 radical (unpaired) electrons. The van der Waals surface area contributed by atoms with Gasteiger partial charge in [0.1, 0.15) is 0 Å². The van der Waals surface area contributed by atoms with E-state index in [9.17, 15) is 4.79 Å². The number of aromatic nitrogens is 3. The molecule has 1 aliphatic rings. The Balaban J connectivity index is 1.79. The molecule has 21 heavy (non-hydrogen) atoms. The predicted molar refractivity (Wildman–Crippen MR) is 80.0 cm³/mol. The smallest absolute Gasteiger partial charge is 0.256 e. The Hall–Kier alpha value is -2.56. The first-order valence-corrected chi connectivity index (χ1v) is 7.08. The molecule has 3 heterocycles. The number of aromatic amines is 1. The Morgan fingerprint density at radius 2 is 2.19 bits per heavy atom. The van der Waals surface area contributed by atoms with Crippen molar-refractivity contribution in [1.82, 2.24) is 19.4 Å². The fraction of sp³-hybridized carbons (Fsp3) is 0.250. The minimum atomic E-state index is 0.114. The normalized spacial score (nSPS) is 14.7. The molecular formula is C16H16N4O. The number of nitrogens with zero attached hydrogens (tertiary/aromatic N) is 3. The van der Waals surface area contributed by atoms with Gasteiger partial charge in [0.2, 0.25) is 0 Å². The first-order chi connectivity index (χ1) is 10.3. The van der Waals surface area contributed by atoms with Gasteiger partial charge < -0.3 is 14.5 Å². The number of benzene rings is 1. The Kier molecular flexibility index (Phi) is 2.60. The number of nitrogens with one attached hydrogen (secondary N) is 1. The van der Waals surface area contributed by atoms with E-state index >= 15 is 0 Å². The molecule has 3 aromatic rings. The van der Waals surface area contributed by atoms with E-state index in [1.165, 1.54) is 0 Å². The maximum absolute atomic E-state index is 12.8. The minimum Gasteiger partial charge on any atom is -0.347 e. The van der Waals surface area contributed by atoms with Crippen LogP contribution in [0.5, 0.6) is 0 Å². The van der Waals surface area contributed by atoms with Crippen LogP contribution in [0.1, 0.15) is 21.7 Å². The van der Waals surface area contributed by atoms with Gasteiger partial charge >= 0.3 is 0 Å². The van der Waals surface area contributed by atoms with Crippen LogP contribution in [-0.2, 0) is 20.0 Å². The number of rotatable bonds is 2. The lowest BCUT2D eigenvalue weighted by atomic mass is 10.0. The van der Waals surface area contributed by atoms with Gasteiger partial charge in [-0.05, 0) is 6.07 Å². The molecule has 0 unspecified atom stereocenters. The minimum absolute atomic E-state index is 0.114. The number of carbonyl (C=O) groups excluding carboxylic acids is 1. The third kappa shape index (κ3) is 1.77. The van der Waals surface area contributed by atoms with Crippen molar-refractivity contribution in [2.45, 2.75) is 13.0 Å². The molecule has 0 saturated heterocycles. The Morgan fingerprint density at radius 3 is 3.00 bits per heavy atom. The van der Waals surface area contributed by atoms with E-state index in [-0.39, 0.29) is 5.91 Å². The number of amides is 1. The lowest BCUT2D eigenvalue weighted by Crippen LogP contribution is -2.37. The van der Waals surface area contributed by atoms with Gasteiger partial charge in [-0.25, -0.2) is 4.98 Å². The molecule has 0 fully saturated rings. The molecular weight excluding hydrogens is 264 g/mol. The van der Waals surface area contributed by atoms with Gasteiger partial charge in [0, 0.05) is 42.8 Å². The molecule has 4 rings (SSSR count). The third-order valence-corrected chi connectivity index (χ3v) is 4.26. The summed E-state index contributed by atoms with van der Waals surface area (Å²) in [5.41, 5.74) is 4.09. The highest BCUT2D eigenvalue weighted by atomic mass is 16.2. The molecule has 5 heteroatoms. The van der Waals surface area contributed by atoms with Crippen LogP contribution in [0.25, 0.3) is 10.9 Å². The number of H-pyrrole nitrogens is 1. The fourth-order valence-corrected chi connectivity index (χ4v) is 3.21. The average molecular weight is 280 g/mol. The zero-order valence-electron chi connectivity index (χ0n) is 11.8. The number of fused-ring (bicyclic) bond motifs is 3. The first-order valence-electron chi connectivity index (χ1n) is 7.08. The molecule has 0 saturated carbocycles. The zero-order chi connectivity index (χ0) is 14.4. The molecule has 106 valence electrons. The molecule has 1 aliphatic heterocycles. The topological polar surface area (TPSA) is 53.9 Å². The van der Waals surface area contributed by atoms with Crippen molar-refractivity contribution in [3.8, 4) is 0 Å². The molecule has 5 nitrogen and oxygen atoms in total. The summed E-state index contributed by atoms with van der Waals surface area (Å²) in [4.78, 5) is 21.8. The van der Waals surface area contributed by atoms with Gasteiger partial charge in [-0.1, -0.05) is 18.2 Å². The molecule has 0 spiro atoms. The highest BCUT2D eigenvalue weighted by Crippen LogP contribution is 2.30. The highest BCUT2D eigenvalue weighted by molar-refractivity contribution is 6.09. The average Bonchev–Trinajstić information content (AvgIpc) is 3.10. The maximum atomic E-state index is 12.8. The van der Waals surface area contributed by atoms with E-state index in [4.69, 9.17) is 0 Å². The molecule has 2 aromatic heterocycles. The largest absolute Gasteiger partial charge is 0.347 e. The molecule has 1 N–H and O–H groups in total. The van der Waals surface area contributed by atoms with Crippen molar-refractivity contribution in [3.05, 3.63) is 53.7 Å². The predicted octanol–water partition coefficient (Wildman–Crippen LogP) is 2.10. The van der Waals surface area contributed by atoms with Gasteiger partial charge in [-0.3, -0.25) is 4.79 Å². The van der Waals surface area contributed by atoms with Crippen LogP contribution in [-0.4, -0.2) is 31.9 Å². The zero-order valence-corrected chi connectivity index (χ0v) is 11.8. The summed E-state index contributed by atoms with van der Waals surface area (Å²) in [5, 5.41) is 1.05. The summed E-state index contributed by atoms with van der Waals surface area (Å²) in [6.45, 7) is 1.33. The van der Waals surface area contributed by atoms with Crippen LogP contribution in [0.3, 0.4) is 0 Å². The second kappa shape index (κ2) is 4.48. The van der Waals surface area contributed by atoms with Crippen molar-refractivity contribution < 1.29 is 4.79 Å². The van der Waals surface area contributed by atoms with E-state index < -0.39 is 0 Å². The molecule has 0 aliphatic carbocycles. The number of hydrogen-bond acceptors (Lipinski definition) is 2. The van der Waals surface area contributed by atoms with E-state index in [1.54, 1.807) is 12.5 Å². The van der Waals surface area contributed by atoms with Gasteiger partial charge in [-0.15, -0.1) is 0 Å². The number of carbonyl (C=O) groups is 1. The van der Waals surface area contributed by atoms with Crippen molar-refractivity contribution in [2.75, 3.05) is 6.54 Å². The summed E-state index contributed by atoms with van der Waals surface area (Å²) in [6.07, 6.45) is 4.30. The van der Waals surface area contributed by atoms with E-state index in [2.05, 4.69) is 20.6 Å². The fourth-order valence-electron chi connectivity index (χ4n) is 3.21. The number of imidazole rings is 1. The first kappa shape index (κ1) is 12.2. The summed E-state index contributed by atoms with van der Waals surface area (Å²) in [7, 11) is 2.04. The number of hydrogen-bond donors (Lipinski definition) is 1. The number of aryl methyl sites for hydroxylation is 1. The van der Waals surface area contributed by atoms with Gasteiger partial charge in [0.15, 0.2) is 0 Å². The van der Waals surface area contributed by atoms with E-state index in [1.807, 2.05) is 30.1 Å². The van der Waals surface area contributed by atoms with Gasteiger partial charge in [0.25, 0.3) is 5.91 Å². The van der Waals surface area contributed by atoms with E-state index in [0.717, 1.165) is 40.8 Å². The lowest BCUT2D eigenvalue weighted by molar-refractivity contribution is 0.0725. The lowest BCUT2D eigenvalue weighted by Gasteiger charge is -2.27. The highest BCUT2D eigenvalue weighted by Gasteiger charge is 2.29. The van der Waals surface area contributed by atoms with Crippen LogP contribution in [0.4, 0.5) is 0 Å². The second-order valence-electron chi connectivity index (χ2n) is 5.45. The molecule has 1 aromatic carbocycles. The van der Waals surface area contributed by atoms with Crippen molar-refractivity contribution in [3.63, 3.8) is 0 Å².